The van der Waals surface area contributed by atoms with Crippen LogP contribution in [0.15, 0.2) is 67.3 Å². The molecule has 0 spiro atoms. The average Bonchev–Trinajstić information content (AvgIpc) is 3.55. The Balaban J connectivity index is 1.43. The van der Waals surface area contributed by atoms with Gasteiger partial charge in [0.25, 0.3) is 0 Å². The van der Waals surface area contributed by atoms with E-state index in [2.05, 4.69) is 17.3 Å². The fraction of sp³-hybridized carbons (Fsp3) is 0.333. The second-order valence-electron chi connectivity index (χ2n) is 10.1. The lowest BCUT2D eigenvalue weighted by Crippen LogP contribution is -2.55. The molecular formula is C30H33N5O6. The number of rotatable bonds is 9. The third-order valence-corrected chi connectivity index (χ3v) is 7.58. The molecule has 4 N–H and O–H groups in total. The van der Waals surface area contributed by atoms with Crippen LogP contribution >= 0.6 is 0 Å². The Hall–Kier alpha value is -4.64. The van der Waals surface area contributed by atoms with Crippen molar-refractivity contribution in [1.29, 1.82) is 0 Å². The fourth-order valence-electron chi connectivity index (χ4n) is 5.34. The molecule has 5 rings (SSSR count). The molecule has 11 heteroatoms. The van der Waals surface area contributed by atoms with Crippen molar-refractivity contribution in [3.05, 3.63) is 67.3 Å². The number of ether oxygens (including phenoxy) is 3. The van der Waals surface area contributed by atoms with E-state index in [-0.39, 0.29) is 25.5 Å². The number of nitrogens with one attached hydrogen (secondary N) is 2. The summed E-state index contributed by atoms with van der Waals surface area (Å²) >= 11 is 0. The quantitative estimate of drug-likeness (QED) is 0.119. The highest BCUT2D eigenvalue weighted by Crippen LogP contribution is 2.46. The minimum absolute atomic E-state index is 0.0963. The number of methoxy groups -OCH3 is 1. The smallest absolute Gasteiger partial charge is 0.332 e. The van der Waals surface area contributed by atoms with Crippen molar-refractivity contribution >= 4 is 28.8 Å². The van der Waals surface area contributed by atoms with Crippen molar-refractivity contribution in [2.75, 3.05) is 20.3 Å². The lowest BCUT2D eigenvalue weighted by atomic mass is 10.1. The number of hydrazine groups is 1. The van der Waals surface area contributed by atoms with Gasteiger partial charge in [-0.1, -0.05) is 36.4 Å². The first-order valence-corrected chi connectivity index (χ1v) is 13.4. The van der Waals surface area contributed by atoms with Gasteiger partial charge >= 0.3 is 12.0 Å². The molecule has 1 saturated carbocycles. The molecule has 1 aliphatic carbocycles. The van der Waals surface area contributed by atoms with Crippen molar-refractivity contribution in [3.63, 3.8) is 0 Å². The molecule has 1 saturated heterocycles. The number of benzene rings is 2. The molecule has 0 radical (unpaired) electrons. The second kappa shape index (κ2) is 11.5. The van der Waals surface area contributed by atoms with Crippen molar-refractivity contribution < 1.29 is 28.6 Å². The largest absolute Gasteiger partial charge is 0.497 e. The predicted molar refractivity (Wildman–Crippen MR) is 152 cm³/mol. The van der Waals surface area contributed by atoms with Crippen LogP contribution in [0.5, 0.6) is 11.5 Å². The summed E-state index contributed by atoms with van der Waals surface area (Å²) in [7, 11) is 1.59. The standard InChI is InChI=1S/C30H33N5O6/c1-4-19-16-30(19,28(37)40-5-2)33-27(36)25-14-21(17-35(25)29(38)34-31)41-26-15-23(18-9-7-6-8-10-18)32-24-13-20(39-3)11-12-22(24)26/h4,6-13,15,19,21,25H,1,5,14,16-17,31H2,2-3H3,(H,33,36)(H,34,38)/t19?,21-,25+,30+/m1/s1. The molecule has 3 aromatic rings. The molecule has 2 aliphatic rings. The van der Waals surface area contributed by atoms with Crippen molar-refractivity contribution in [2.45, 2.75) is 37.5 Å². The maximum absolute atomic E-state index is 13.5. The molecule has 11 nitrogen and oxygen atoms in total. The van der Waals surface area contributed by atoms with Crippen molar-refractivity contribution in [2.24, 2.45) is 11.8 Å². The van der Waals surface area contributed by atoms with E-state index in [0.717, 1.165) is 10.9 Å². The van der Waals surface area contributed by atoms with Gasteiger partial charge in [-0.2, -0.15) is 0 Å². The number of hydrogen-bond donors (Lipinski definition) is 3. The molecule has 41 heavy (non-hydrogen) atoms. The van der Waals surface area contributed by atoms with Crippen LogP contribution in [0.1, 0.15) is 19.8 Å². The summed E-state index contributed by atoms with van der Waals surface area (Å²) in [6.07, 6.45) is 1.63. The highest BCUT2D eigenvalue weighted by Gasteiger charge is 2.62. The Morgan fingerprint density at radius 2 is 1.98 bits per heavy atom. The molecule has 3 amide bonds. The summed E-state index contributed by atoms with van der Waals surface area (Å²) in [6.45, 7) is 5.74. The van der Waals surface area contributed by atoms with Crippen LogP contribution in [0.3, 0.4) is 0 Å². The number of nitrogens with zero attached hydrogens (tertiary/aromatic N) is 2. The second-order valence-corrected chi connectivity index (χ2v) is 10.1. The number of hydrogen-bond acceptors (Lipinski definition) is 8. The summed E-state index contributed by atoms with van der Waals surface area (Å²) in [4.78, 5) is 45.1. The average molecular weight is 560 g/mol. The van der Waals surface area contributed by atoms with Gasteiger partial charge in [0, 0.05) is 35.4 Å². The summed E-state index contributed by atoms with van der Waals surface area (Å²) in [5, 5.41) is 3.59. The summed E-state index contributed by atoms with van der Waals surface area (Å²) in [6, 6.07) is 15.5. The normalized spacial score (nSPS) is 23.0. The number of carbonyl (C=O) groups excluding carboxylic acids is 3. The number of pyridine rings is 1. The molecule has 4 atom stereocenters. The first kappa shape index (κ1) is 27.9. The highest BCUT2D eigenvalue weighted by molar-refractivity contribution is 5.95. The first-order chi connectivity index (χ1) is 19.8. The third-order valence-electron chi connectivity index (χ3n) is 7.58. The Kier molecular flexibility index (Phi) is 7.80. The fourth-order valence-corrected chi connectivity index (χ4v) is 5.34. The molecule has 1 aromatic heterocycles. The van der Waals surface area contributed by atoms with Crippen LogP contribution in [0, 0.1) is 5.92 Å². The van der Waals surface area contributed by atoms with Gasteiger partial charge in [-0.15, -0.1) is 6.58 Å². The Labute approximate surface area is 237 Å². The maximum atomic E-state index is 13.5. The van der Waals surface area contributed by atoms with Crippen LogP contribution in [0.2, 0.25) is 0 Å². The zero-order valence-electron chi connectivity index (χ0n) is 23.0. The van der Waals surface area contributed by atoms with E-state index < -0.39 is 35.6 Å². The Morgan fingerprint density at radius 3 is 2.63 bits per heavy atom. The van der Waals surface area contributed by atoms with Crippen LogP contribution in [0.25, 0.3) is 22.2 Å². The third kappa shape index (κ3) is 5.40. The lowest BCUT2D eigenvalue weighted by Gasteiger charge is -2.25. The number of amides is 3. The maximum Gasteiger partial charge on any atom is 0.332 e. The topological polar surface area (TPSA) is 145 Å². The lowest BCUT2D eigenvalue weighted by molar-refractivity contribution is -0.149. The predicted octanol–water partition coefficient (Wildman–Crippen LogP) is 2.94. The van der Waals surface area contributed by atoms with E-state index in [1.165, 1.54) is 4.90 Å². The number of aromatic nitrogens is 1. The van der Waals surface area contributed by atoms with Gasteiger partial charge in [-0.25, -0.2) is 20.4 Å². The van der Waals surface area contributed by atoms with Crippen LogP contribution in [-0.4, -0.2) is 65.7 Å². The molecule has 0 bridgehead atoms. The number of fused-ring (bicyclic) bond motifs is 1. The van der Waals surface area contributed by atoms with E-state index in [0.29, 0.717) is 29.1 Å². The molecule has 1 aliphatic heterocycles. The molecular weight excluding hydrogens is 526 g/mol. The molecule has 2 aromatic carbocycles. The SMILES string of the molecule is C=CC1C[C@@]1(NC(=O)[C@@H]1C[C@@H](Oc2cc(-c3ccccc3)nc3cc(OC)ccc23)CN1C(=O)NN)C(=O)OCC. The number of likely N-dealkylation sites (tertiary alicyclic amines) is 1. The van der Waals surface area contributed by atoms with E-state index in [1.54, 1.807) is 20.1 Å². The van der Waals surface area contributed by atoms with Gasteiger partial charge in [0.2, 0.25) is 5.91 Å². The van der Waals surface area contributed by atoms with Crippen LogP contribution in [0.4, 0.5) is 4.79 Å². The van der Waals surface area contributed by atoms with E-state index >= 15 is 0 Å². The Morgan fingerprint density at radius 1 is 1.20 bits per heavy atom. The zero-order chi connectivity index (χ0) is 29.1. The molecule has 214 valence electrons. The summed E-state index contributed by atoms with van der Waals surface area (Å²) < 4.78 is 17.1. The molecule has 1 unspecified atom stereocenters. The van der Waals surface area contributed by atoms with Gasteiger partial charge in [0.1, 0.15) is 29.2 Å². The Bertz CT molecular complexity index is 1480. The minimum atomic E-state index is -1.19. The number of urea groups is 1. The number of nitrogens with two attached hydrogens (primary N) is 1. The van der Waals surface area contributed by atoms with Gasteiger partial charge in [0.05, 0.1) is 31.5 Å². The number of carbonyl (C=O) groups is 3. The van der Waals surface area contributed by atoms with Crippen LogP contribution in [-0.2, 0) is 14.3 Å². The van der Waals surface area contributed by atoms with Crippen molar-refractivity contribution in [3.8, 4) is 22.8 Å². The molecule has 2 fully saturated rings. The van der Waals surface area contributed by atoms with Gasteiger partial charge in [-0.3, -0.25) is 10.2 Å². The first-order valence-electron chi connectivity index (χ1n) is 13.4. The number of esters is 1. The minimum Gasteiger partial charge on any atom is -0.497 e. The van der Waals surface area contributed by atoms with Crippen LogP contribution < -0.4 is 26.1 Å². The van der Waals surface area contributed by atoms with Gasteiger partial charge in [0.15, 0.2) is 0 Å². The van der Waals surface area contributed by atoms with E-state index in [1.807, 2.05) is 54.6 Å². The summed E-state index contributed by atoms with van der Waals surface area (Å²) in [5.74, 6) is 5.37. The van der Waals surface area contributed by atoms with Crippen molar-refractivity contribution in [1.82, 2.24) is 20.6 Å². The van der Waals surface area contributed by atoms with E-state index in [9.17, 15) is 14.4 Å². The van der Waals surface area contributed by atoms with E-state index in [4.69, 9.17) is 25.0 Å². The monoisotopic (exact) mass is 559 g/mol. The highest BCUT2D eigenvalue weighted by atomic mass is 16.5. The molecule has 2 heterocycles. The zero-order valence-corrected chi connectivity index (χ0v) is 23.0. The van der Waals surface area contributed by atoms with Gasteiger partial charge in [-0.05, 0) is 25.5 Å². The van der Waals surface area contributed by atoms with Gasteiger partial charge < -0.3 is 24.4 Å². The summed E-state index contributed by atoms with van der Waals surface area (Å²) in [5.41, 5.74) is 3.19.